The van der Waals surface area contributed by atoms with Crippen molar-refractivity contribution in [3.63, 3.8) is 0 Å². The van der Waals surface area contributed by atoms with Crippen molar-refractivity contribution >= 4 is 12.6 Å². The zero-order valence-electron chi connectivity index (χ0n) is 10.4. The maximum absolute atomic E-state index is 9.76. The minimum absolute atomic E-state index is 0.0869. The topological polar surface area (TPSA) is 196 Å². The van der Waals surface area contributed by atoms with Gasteiger partial charge in [-0.1, -0.05) is 0 Å². The molecule has 0 aliphatic rings. The number of carbonyl (C=O) groups excluding carboxylic acids is 2. The largest absolute Gasteiger partial charge is 0.394 e. The van der Waals surface area contributed by atoms with E-state index >= 15 is 0 Å². The lowest BCUT2D eigenvalue weighted by Crippen LogP contribution is -2.40. The van der Waals surface area contributed by atoms with Gasteiger partial charge in [-0.2, -0.15) is 0 Å². The molecule has 8 N–H and O–H groups in total. The summed E-state index contributed by atoms with van der Waals surface area (Å²) < 4.78 is 0. The van der Waals surface area contributed by atoms with Crippen LogP contribution in [0.3, 0.4) is 0 Å². The number of hydrogen-bond donors (Lipinski definition) is 8. The molecular formula is C10H20O10. The molecule has 0 bridgehead atoms. The van der Waals surface area contributed by atoms with Gasteiger partial charge in [0.25, 0.3) is 0 Å². The molecule has 0 aliphatic heterocycles. The molecule has 0 fully saturated rings. The second-order valence-corrected chi connectivity index (χ2v) is 3.73. The maximum atomic E-state index is 9.76. The van der Waals surface area contributed by atoms with Crippen LogP contribution in [0.15, 0.2) is 0 Å². The van der Waals surface area contributed by atoms with Gasteiger partial charge in [-0.05, 0) is 0 Å². The number of aldehydes is 2. The fourth-order valence-corrected chi connectivity index (χ4v) is 0.832. The molecule has 0 saturated heterocycles. The highest BCUT2D eigenvalue weighted by Crippen LogP contribution is 1.97. The van der Waals surface area contributed by atoms with Crippen LogP contribution < -0.4 is 0 Å². The Morgan fingerprint density at radius 2 is 0.900 bits per heavy atom. The molecule has 6 atom stereocenters. The molecular weight excluding hydrogens is 280 g/mol. The zero-order chi connectivity index (χ0) is 16.3. The number of aliphatic hydroxyl groups is 8. The molecule has 0 aliphatic carbocycles. The lowest BCUT2D eigenvalue weighted by molar-refractivity contribution is -0.128. The molecule has 0 radical (unpaired) electrons. The van der Waals surface area contributed by atoms with Gasteiger partial charge in [0.15, 0.2) is 12.6 Å². The highest BCUT2D eigenvalue weighted by atomic mass is 16.4. The summed E-state index contributed by atoms with van der Waals surface area (Å²) in [6.07, 6.45) is -9.26. The van der Waals surface area contributed by atoms with Crippen LogP contribution in [-0.4, -0.2) is 103 Å². The van der Waals surface area contributed by atoms with Crippen LogP contribution in [0.1, 0.15) is 0 Å². The quantitative estimate of drug-likeness (QED) is 0.200. The summed E-state index contributed by atoms with van der Waals surface area (Å²) in [6, 6.07) is 0. The molecule has 20 heavy (non-hydrogen) atoms. The predicted molar refractivity (Wildman–Crippen MR) is 62.3 cm³/mol. The first-order valence-electron chi connectivity index (χ1n) is 5.47. The zero-order valence-corrected chi connectivity index (χ0v) is 10.4. The van der Waals surface area contributed by atoms with Crippen LogP contribution in [0, 0.1) is 0 Å². The highest BCUT2D eigenvalue weighted by Gasteiger charge is 2.23. The third-order valence-electron chi connectivity index (χ3n) is 2.14. The van der Waals surface area contributed by atoms with Crippen molar-refractivity contribution in [2.24, 2.45) is 0 Å². The Labute approximate surface area is 114 Å². The molecule has 120 valence electrons. The lowest BCUT2D eigenvalue weighted by atomic mass is 10.1. The van der Waals surface area contributed by atoms with Crippen LogP contribution in [0.25, 0.3) is 0 Å². The second-order valence-electron chi connectivity index (χ2n) is 3.73. The number of aliphatic hydroxyl groups excluding tert-OH is 8. The third-order valence-corrected chi connectivity index (χ3v) is 2.14. The summed E-state index contributed by atoms with van der Waals surface area (Å²) in [7, 11) is 0. The minimum Gasteiger partial charge on any atom is -0.394 e. The van der Waals surface area contributed by atoms with Gasteiger partial charge in [0, 0.05) is 0 Å². The van der Waals surface area contributed by atoms with Gasteiger partial charge in [-0.15, -0.1) is 0 Å². The van der Waals surface area contributed by atoms with Crippen molar-refractivity contribution in [3.8, 4) is 0 Å². The van der Waals surface area contributed by atoms with Crippen molar-refractivity contribution in [3.05, 3.63) is 0 Å². The van der Waals surface area contributed by atoms with E-state index in [1.165, 1.54) is 0 Å². The Kier molecular flexibility index (Phi) is 12.6. The van der Waals surface area contributed by atoms with Crippen molar-refractivity contribution in [2.45, 2.75) is 36.6 Å². The Morgan fingerprint density at radius 3 is 1.05 bits per heavy atom. The summed E-state index contributed by atoms with van der Waals surface area (Å²) in [5.41, 5.74) is 0. The summed E-state index contributed by atoms with van der Waals surface area (Å²) in [6.45, 7) is -1.38. The Hall–Kier alpha value is -0.980. The van der Waals surface area contributed by atoms with Gasteiger partial charge < -0.3 is 50.4 Å². The van der Waals surface area contributed by atoms with E-state index in [2.05, 4.69) is 0 Å². The molecule has 10 heteroatoms. The Morgan fingerprint density at radius 1 is 0.650 bits per heavy atom. The van der Waals surface area contributed by atoms with Crippen molar-refractivity contribution in [1.29, 1.82) is 0 Å². The molecule has 0 aromatic heterocycles. The first-order chi connectivity index (χ1) is 9.26. The first-order valence-corrected chi connectivity index (χ1v) is 5.47. The van der Waals surface area contributed by atoms with E-state index in [1.807, 2.05) is 0 Å². The molecule has 0 aromatic carbocycles. The van der Waals surface area contributed by atoms with E-state index in [-0.39, 0.29) is 12.6 Å². The molecule has 0 saturated carbocycles. The molecule has 0 unspecified atom stereocenters. The van der Waals surface area contributed by atoms with Gasteiger partial charge >= 0.3 is 0 Å². The van der Waals surface area contributed by atoms with E-state index < -0.39 is 49.8 Å². The Balaban J connectivity index is 0. The SMILES string of the molecule is O=C[C@H](O)[C@H](O)[C@H](O)CO.O=C[C@H](O)[C@H](O)[C@H](O)CO. The average Bonchev–Trinajstić information content (AvgIpc) is 2.50. The predicted octanol–water partition coefficient (Wildman–Crippen LogP) is -5.48. The van der Waals surface area contributed by atoms with Gasteiger partial charge in [-0.25, -0.2) is 0 Å². The standard InChI is InChI=1S/2C5H10O5/c2*6-1-3(8)5(10)4(9)2-7/h2*1,3-5,7-10H,2H2/t2*3-,4+,5-/m00/s1. The molecule has 0 aromatic rings. The molecule has 0 rings (SSSR count). The maximum Gasteiger partial charge on any atom is 0.151 e. The summed E-state index contributed by atoms with van der Waals surface area (Å²) in [5, 5.41) is 68.1. The summed E-state index contributed by atoms with van der Waals surface area (Å²) in [5.74, 6) is 0. The van der Waals surface area contributed by atoms with Crippen LogP contribution >= 0.6 is 0 Å². The van der Waals surface area contributed by atoms with Crippen molar-refractivity contribution in [2.75, 3.05) is 13.2 Å². The van der Waals surface area contributed by atoms with Crippen molar-refractivity contribution in [1.82, 2.24) is 0 Å². The first kappa shape index (κ1) is 21.3. The van der Waals surface area contributed by atoms with E-state index in [0.717, 1.165) is 0 Å². The highest BCUT2D eigenvalue weighted by molar-refractivity contribution is 5.57. The minimum atomic E-state index is -1.64. The number of carbonyl (C=O) groups is 2. The van der Waals surface area contributed by atoms with E-state index in [0.29, 0.717) is 0 Å². The molecule has 0 amide bonds. The monoisotopic (exact) mass is 300 g/mol. The fraction of sp³-hybridized carbons (Fsp3) is 0.800. The number of hydrogen-bond acceptors (Lipinski definition) is 10. The van der Waals surface area contributed by atoms with Crippen LogP contribution in [-0.2, 0) is 9.59 Å². The average molecular weight is 300 g/mol. The second kappa shape index (κ2) is 11.8. The fourth-order valence-electron chi connectivity index (χ4n) is 0.832. The number of rotatable bonds is 8. The van der Waals surface area contributed by atoms with E-state index in [4.69, 9.17) is 40.9 Å². The van der Waals surface area contributed by atoms with E-state index in [9.17, 15) is 9.59 Å². The van der Waals surface area contributed by atoms with Crippen LogP contribution in [0.2, 0.25) is 0 Å². The normalized spacial score (nSPS) is 19.6. The van der Waals surface area contributed by atoms with Gasteiger partial charge in [0.05, 0.1) is 13.2 Å². The molecule has 0 heterocycles. The summed E-state index contributed by atoms with van der Waals surface area (Å²) >= 11 is 0. The molecule has 0 spiro atoms. The summed E-state index contributed by atoms with van der Waals surface area (Å²) in [4.78, 5) is 19.5. The Bertz CT molecular complexity index is 234. The molecule has 10 nitrogen and oxygen atoms in total. The lowest BCUT2D eigenvalue weighted by Gasteiger charge is -2.16. The van der Waals surface area contributed by atoms with Gasteiger partial charge in [0.2, 0.25) is 0 Å². The van der Waals surface area contributed by atoms with Gasteiger partial charge in [-0.3, -0.25) is 0 Å². The van der Waals surface area contributed by atoms with Crippen molar-refractivity contribution < 1.29 is 50.4 Å². The van der Waals surface area contributed by atoms with Crippen LogP contribution in [0.4, 0.5) is 0 Å². The third kappa shape index (κ3) is 8.24. The van der Waals surface area contributed by atoms with E-state index in [1.54, 1.807) is 0 Å². The smallest absolute Gasteiger partial charge is 0.151 e. The van der Waals surface area contributed by atoms with Crippen LogP contribution in [0.5, 0.6) is 0 Å². The van der Waals surface area contributed by atoms with Gasteiger partial charge in [0.1, 0.15) is 36.6 Å².